The summed E-state index contributed by atoms with van der Waals surface area (Å²) < 4.78 is 16.1. The average Bonchev–Trinajstić information content (AvgIpc) is 3.14. The highest BCUT2D eigenvalue weighted by Gasteiger charge is 2.42. The third kappa shape index (κ3) is 5.16. The number of amides is 1. The van der Waals surface area contributed by atoms with Crippen molar-refractivity contribution in [1.29, 1.82) is 0 Å². The molecule has 0 spiro atoms. The number of allylic oxidation sites excluding steroid dienone is 1. The molecule has 1 aromatic rings. The van der Waals surface area contributed by atoms with Gasteiger partial charge in [-0.05, 0) is 32.2 Å². The SMILES string of the molecule is COCCOC(=O)C1=C(C)N=C2SC=C(CC(=O)NC(C)C)N2C1c1ccccc1OC. The first-order chi connectivity index (χ1) is 15.4. The van der Waals surface area contributed by atoms with Gasteiger partial charge in [0.25, 0.3) is 0 Å². The quantitative estimate of drug-likeness (QED) is 0.447. The van der Waals surface area contributed by atoms with Gasteiger partial charge in [0, 0.05) is 24.4 Å². The van der Waals surface area contributed by atoms with Crippen LogP contribution in [-0.4, -0.2) is 55.4 Å². The van der Waals surface area contributed by atoms with E-state index in [0.717, 1.165) is 11.3 Å². The van der Waals surface area contributed by atoms with Gasteiger partial charge >= 0.3 is 5.97 Å². The molecule has 0 saturated carbocycles. The van der Waals surface area contributed by atoms with Gasteiger partial charge in [-0.2, -0.15) is 0 Å². The smallest absolute Gasteiger partial charge is 0.338 e. The number of para-hydroxylation sites is 1. The van der Waals surface area contributed by atoms with E-state index in [1.54, 1.807) is 21.1 Å². The molecule has 172 valence electrons. The zero-order chi connectivity index (χ0) is 23.3. The highest BCUT2D eigenvalue weighted by Crippen LogP contribution is 2.46. The Morgan fingerprint density at radius 2 is 1.97 bits per heavy atom. The van der Waals surface area contributed by atoms with Crippen LogP contribution in [0.25, 0.3) is 0 Å². The Morgan fingerprint density at radius 1 is 1.22 bits per heavy atom. The number of carbonyl (C=O) groups excluding carboxylic acids is 2. The van der Waals surface area contributed by atoms with E-state index in [9.17, 15) is 9.59 Å². The lowest BCUT2D eigenvalue weighted by molar-refractivity contribution is -0.141. The van der Waals surface area contributed by atoms with Gasteiger partial charge in [0.15, 0.2) is 5.17 Å². The van der Waals surface area contributed by atoms with Crippen LogP contribution in [0, 0.1) is 0 Å². The zero-order valence-electron chi connectivity index (χ0n) is 19.0. The van der Waals surface area contributed by atoms with Gasteiger partial charge in [-0.25, -0.2) is 9.79 Å². The fourth-order valence-electron chi connectivity index (χ4n) is 3.65. The van der Waals surface area contributed by atoms with Gasteiger partial charge < -0.3 is 24.4 Å². The largest absolute Gasteiger partial charge is 0.496 e. The lowest BCUT2D eigenvalue weighted by Gasteiger charge is -2.36. The van der Waals surface area contributed by atoms with Crippen molar-refractivity contribution in [1.82, 2.24) is 10.2 Å². The molecule has 2 aliphatic rings. The van der Waals surface area contributed by atoms with Crippen LogP contribution in [0.5, 0.6) is 5.75 Å². The number of ether oxygens (including phenoxy) is 3. The molecule has 0 aromatic heterocycles. The number of rotatable bonds is 9. The summed E-state index contributed by atoms with van der Waals surface area (Å²) in [6.45, 7) is 6.06. The maximum absolute atomic E-state index is 13.2. The molecular formula is C23H29N3O5S. The molecule has 1 N–H and O–H groups in total. The van der Waals surface area contributed by atoms with Crippen molar-refractivity contribution < 1.29 is 23.8 Å². The van der Waals surface area contributed by atoms with Crippen molar-refractivity contribution in [3.8, 4) is 5.75 Å². The van der Waals surface area contributed by atoms with Crippen molar-refractivity contribution in [2.45, 2.75) is 39.3 Å². The molecule has 2 aliphatic heterocycles. The van der Waals surface area contributed by atoms with E-state index >= 15 is 0 Å². The van der Waals surface area contributed by atoms with Crippen LogP contribution in [0.3, 0.4) is 0 Å². The maximum atomic E-state index is 13.2. The van der Waals surface area contributed by atoms with Crippen molar-refractivity contribution in [3.05, 3.63) is 52.2 Å². The van der Waals surface area contributed by atoms with Gasteiger partial charge in [-0.3, -0.25) is 4.79 Å². The summed E-state index contributed by atoms with van der Waals surface area (Å²) in [5, 5.41) is 5.54. The summed E-state index contributed by atoms with van der Waals surface area (Å²) in [6.07, 6.45) is 0.168. The highest BCUT2D eigenvalue weighted by molar-refractivity contribution is 8.16. The normalized spacial score (nSPS) is 17.7. The number of fused-ring (bicyclic) bond motifs is 1. The van der Waals surface area contributed by atoms with E-state index in [-0.39, 0.29) is 25.0 Å². The predicted molar refractivity (Wildman–Crippen MR) is 124 cm³/mol. The molecule has 1 atom stereocenters. The Labute approximate surface area is 192 Å². The van der Waals surface area contributed by atoms with Gasteiger partial charge in [0.05, 0.1) is 37.4 Å². The van der Waals surface area contributed by atoms with Crippen LogP contribution in [0.15, 0.2) is 51.6 Å². The van der Waals surface area contributed by atoms with Crippen molar-refractivity contribution >= 4 is 28.8 Å². The van der Waals surface area contributed by atoms with Crippen LogP contribution in [0.1, 0.15) is 38.8 Å². The van der Waals surface area contributed by atoms with Crippen LogP contribution >= 0.6 is 11.8 Å². The molecule has 0 saturated heterocycles. The number of hydrogen-bond acceptors (Lipinski definition) is 8. The number of esters is 1. The number of carbonyl (C=O) groups is 2. The molecule has 1 amide bonds. The van der Waals surface area contributed by atoms with E-state index in [0.29, 0.717) is 28.8 Å². The number of methoxy groups -OCH3 is 2. The van der Waals surface area contributed by atoms with Crippen LogP contribution < -0.4 is 10.1 Å². The van der Waals surface area contributed by atoms with Gasteiger partial charge in [0.2, 0.25) is 5.91 Å². The van der Waals surface area contributed by atoms with Gasteiger partial charge in [-0.1, -0.05) is 30.0 Å². The Balaban J connectivity index is 2.03. The second-order valence-corrected chi connectivity index (χ2v) is 8.50. The monoisotopic (exact) mass is 459 g/mol. The summed E-state index contributed by atoms with van der Waals surface area (Å²) in [5.41, 5.74) is 2.53. The van der Waals surface area contributed by atoms with Crippen molar-refractivity contribution in [2.75, 3.05) is 27.4 Å². The average molecular weight is 460 g/mol. The minimum absolute atomic E-state index is 0.0325. The van der Waals surface area contributed by atoms with Gasteiger partial charge in [0.1, 0.15) is 12.4 Å². The summed E-state index contributed by atoms with van der Waals surface area (Å²) in [4.78, 5) is 32.3. The fraction of sp³-hybridized carbons (Fsp3) is 0.435. The molecule has 0 radical (unpaired) electrons. The van der Waals surface area contributed by atoms with Crippen LogP contribution in [0.4, 0.5) is 0 Å². The predicted octanol–water partition coefficient (Wildman–Crippen LogP) is 3.37. The minimum atomic E-state index is -0.540. The van der Waals surface area contributed by atoms with E-state index in [1.165, 1.54) is 11.8 Å². The summed E-state index contributed by atoms with van der Waals surface area (Å²) >= 11 is 1.43. The molecule has 2 heterocycles. The number of aliphatic imine (C=N–C) groups is 1. The number of benzene rings is 1. The number of thioether (sulfide) groups is 1. The second kappa shape index (κ2) is 10.7. The zero-order valence-corrected chi connectivity index (χ0v) is 19.8. The summed E-state index contributed by atoms with van der Waals surface area (Å²) in [6, 6.07) is 7.02. The first-order valence-corrected chi connectivity index (χ1v) is 11.3. The molecule has 9 heteroatoms. The molecule has 1 unspecified atom stereocenters. The number of amidine groups is 1. The molecular weight excluding hydrogens is 430 g/mol. The van der Waals surface area contributed by atoms with Crippen LogP contribution in [0.2, 0.25) is 0 Å². The lowest BCUT2D eigenvalue weighted by Crippen LogP contribution is -2.39. The number of nitrogens with one attached hydrogen (secondary N) is 1. The van der Waals surface area contributed by atoms with Crippen LogP contribution in [-0.2, 0) is 19.1 Å². The van der Waals surface area contributed by atoms with E-state index < -0.39 is 12.0 Å². The Bertz CT molecular complexity index is 970. The van der Waals surface area contributed by atoms with E-state index in [2.05, 4.69) is 10.3 Å². The molecule has 8 nitrogen and oxygen atoms in total. The van der Waals surface area contributed by atoms with Crippen molar-refractivity contribution in [2.24, 2.45) is 4.99 Å². The Hall–Kier alpha value is -2.78. The fourth-order valence-corrected chi connectivity index (χ4v) is 4.61. The second-order valence-electron chi connectivity index (χ2n) is 7.66. The van der Waals surface area contributed by atoms with E-state index in [4.69, 9.17) is 14.2 Å². The molecule has 3 rings (SSSR count). The van der Waals surface area contributed by atoms with Crippen molar-refractivity contribution in [3.63, 3.8) is 0 Å². The minimum Gasteiger partial charge on any atom is -0.496 e. The summed E-state index contributed by atoms with van der Waals surface area (Å²) in [5.74, 6) is 0.0696. The maximum Gasteiger partial charge on any atom is 0.338 e. The molecule has 32 heavy (non-hydrogen) atoms. The standard InChI is InChI=1S/C23H29N3O5S/c1-14(2)24-19(27)12-16-13-32-23-25-15(3)20(22(28)31-11-10-29-4)21(26(16)23)17-8-6-7-9-18(17)30-5/h6-9,13-14,21H,10-12H2,1-5H3,(H,24,27). The third-order valence-corrected chi connectivity index (χ3v) is 5.85. The Kier molecular flexibility index (Phi) is 7.98. The summed E-state index contributed by atoms with van der Waals surface area (Å²) in [7, 11) is 3.14. The van der Waals surface area contributed by atoms with E-state index in [1.807, 2.05) is 48.4 Å². The molecule has 0 fully saturated rings. The molecule has 1 aromatic carbocycles. The number of nitrogens with zero attached hydrogens (tertiary/aromatic N) is 2. The first-order valence-electron chi connectivity index (χ1n) is 10.4. The third-order valence-electron chi connectivity index (χ3n) is 4.97. The Morgan fingerprint density at radius 3 is 2.66 bits per heavy atom. The lowest BCUT2D eigenvalue weighted by atomic mass is 9.93. The topological polar surface area (TPSA) is 89.5 Å². The van der Waals surface area contributed by atoms with Gasteiger partial charge in [-0.15, -0.1) is 0 Å². The first kappa shape index (κ1) is 23.9. The molecule has 0 bridgehead atoms. The number of hydrogen-bond donors (Lipinski definition) is 1. The highest BCUT2D eigenvalue weighted by atomic mass is 32.2. The molecule has 0 aliphatic carbocycles.